The minimum atomic E-state index is -0.679. The summed E-state index contributed by atoms with van der Waals surface area (Å²) in [6, 6.07) is 23.8. The Bertz CT molecular complexity index is 1180. The van der Waals surface area contributed by atoms with Crippen molar-refractivity contribution in [2.24, 2.45) is 10.9 Å². The molecule has 7 heteroatoms. The van der Waals surface area contributed by atoms with Gasteiger partial charge in [0.25, 0.3) is 0 Å². The zero-order valence-corrected chi connectivity index (χ0v) is 17.6. The van der Waals surface area contributed by atoms with E-state index in [1.54, 1.807) is 6.07 Å². The molecule has 0 heterocycles. The van der Waals surface area contributed by atoms with E-state index >= 15 is 0 Å². The predicted octanol–water partition coefficient (Wildman–Crippen LogP) is 3.20. The van der Waals surface area contributed by atoms with Crippen molar-refractivity contribution < 1.29 is 9.59 Å². The molecular weight excluding hydrogens is 402 g/mol. The van der Waals surface area contributed by atoms with Gasteiger partial charge in [-0.3, -0.25) is 14.9 Å². The number of nitrogens with zero attached hydrogens (tertiary/aromatic N) is 2. The summed E-state index contributed by atoms with van der Waals surface area (Å²) in [4.78, 5) is 24.1. The maximum Gasteiger partial charge on any atom is 0.249 e. The van der Waals surface area contributed by atoms with E-state index in [2.05, 4.69) is 21.8 Å². The van der Waals surface area contributed by atoms with Crippen LogP contribution < -0.4 is 16.5 Å². The molecular formula is C25H23N5O2. The second kappa shape index (κ2) is 10.5. The van der Waals surface area contributed by atoms with Crippen molar-refractivity contribution >= 4 is 23.7 Å². The quantitative estimate of drug-likeness (QED) is 0.305. The van der Waals surface area contributed by atoms with Crippen molar-refractivity contribution in [1.82, 2.24) is 5.32 Å². The minimum Gasteiger partial charge on any atom is -0.373 e. The Kier molecular flexibility index (Phi) is 7.33. The van der Waals surface area contributed by atoms with Gasteiger partial charge in [-0.2, -0.15) is 10.4 Å². The number of benzene rings is 3. The van der Waals surface area contributed by atoms with E-state index in [4.69, 9.17) is 5.84 Å². The lowest BCUT2D eigenvalue weighted by molar-refractivity contribution is -0.129. The Hall–Kier alpha value is -4.44. The summed E-state index contributed by atoms with van der Waals surface area (Å²) >= 11 is 0. The van der Waals surface area contributed by atoms with Crippen LogP contribution in [0.3, 0.4) is 0 Å². The number of anilines is 1. The molecule has 0 radical (unpaired) electrons. The lowest BCUT2D eigenvalue weighted by Crippen LogP contribution is -2.43. The van der Waals surface area contributed by atoms with E-state index in [9.17, 15) is 14.9 Å². The van der Waals surface area contributed by atoms with Gasteiger partial charge in [0.05, 0.1) is 17.8 Å². The van der Waals surface area contributed by atoms with Crippen molar-refractivity contribution in [1.29, 1.82) is 5.26 Å². The van der Waals surface area contributed by atoms with Crippen molar-refractivity contribution in [2.75, 3.05) is 5.32 Å². The number of nitrogens with one attached hydrogen (secondary N) is 2. The van der Waals surface area contributed by atoms with Gasteiger partial charge < -0.3 is 11.2 Å². The highest BCUT2D eigenvalue weighted by molar-refractivity contribution is 5.98. The van der Waals surface area contributed by atoms with Crippen molar-refractivity contribution in [3.05, 3.63) is 89.5 Å². The molecule has 3 aromatic rings. The van der Waals surface area contributed by atoms with E-state index < -0.39 is 17.9 Å². The first-order valence-electron chi connectivity index (χ1n) is 10.00. The number of hydrazone groups is 1. The maximum absolute atomic E-state index is 12.7. The zero-order chi connectivity index (χ0) is 22.9. The van der Waals surface area contributed by atoms with Gasteiger partial charge >= 0.3 is 0 Å². The highest BCUT2D eigenvalue weighted by atomic mass is 16.2. The summed E-state index contributed by atoms with van der Waals surface area (Å²) in [5.74, 6) is 4.38. The Morgan fingerprint density at radius 2 is 1.84 bits per heavy atom. The van der Waals surface area contributed by atoms with Crippen LogP contribution in [0.5, 0.6) is 0 Å². The highest BCUT2D eigenvalue weighted by Crippen LogP contribution is 2.25. The SMILES string of the molecule is CC(=O)NC(=O)[C@H](Cc1cccc(C=NN)c1)Nc1ccc(-c2ccccc2C#N)cc1. The molecule has 0 saturated carbocycles. The average molecular weight is 425 g/mol. The van der Waals surface area contributed by atoms with Gasteiger partial charge in [-0.05, 0) is 40.5 Å². The Morgan fingerprint density at radius 3 is 2.53 bits per heavy atom. The van der Waals surface area contributed by atoms with Crippen LogP contribution in [0.2, 0.25) is 0 Å². The topological polar surface area (TPSA) is 120 Å². The average Bonchev–Trinajstić information content (AvgIpc) is 2.79. The Balaban J connectivity index is 1.83. The van der Waals surface area contributed by atoms with Crippen LogP contribution in [0.15, 0.2) is 77.9 Å². The van der Waals surface area contributed by atoms with Gasteiger partial charge in [0.2, 0.25) is 11.8 Å². The fraction of sp³-hybridized carbons (Fsp3) is 0.120. The molecule has 3 rings (SSSR count). The molecule has 0 bridgehead atoms. The number of imide groups is 1. The van der Waals surface area contributed by atoms with Gasteiger partial charge in [-0.15, -0.1) is 0 Å². The van der Waals surface area contributed by atoms with Crippen LogP contribution in [-0.4, -0.2) is 24.1 Å². The van der Waals surface area contributed by atoms with Gasteiger partial charge in [0, 0.05) is 19.0 Å². The molecule has 4 N–H and O–H groups in total. The van der Waals surface area contributed by atoms with Crippen LogP contribution in [0.25, 0.3) is 11.1 Å². The van der Waals surface area contributed by atoms with E-state index in [0.29, 0.717) is 17.7 Å². The van der Waals surface area contributed by atoms with Crippen LogP contribution in [0, 0.1) is 11.3 Å². The number of amides is 2. The van der Waals surface area contributed by atoms with Crippen LogP contribution in [0.1, 0.15) is 23.6 Å². The summed E-state index contributed by atoms with van der Waals surface area (Å²) in [7, 11) is 0. The van der Waals surface area contributed by atoms with Gasteiger partial charge in [0.1, 0.15) is 6.04 Å². The summed E-state index contributed by atoms with van der Waals surface area (Å²) in [5.41, 5.74) is 4.74. The summed E-state index contributed by atoms with van der Waals surface area (Å²) in [6.07, 6.45) is 1.88. The summed E-state index contributed by atoms with van der Waals surface area (Å²) < 4.78 is 0. The largest absolute Gasteiger partial charge is 0.373 e. The smallest absolute Gasteiger partial charge is 0.249 e. The number of carbonyl (C=O) groups excluding carboxylic acids is 2. The monoisotopic (exact) mass is 425 g/mol. The molecule has 0 saturated heterocycles. The van der Waals surface area contributed by atoms with E-state index in [1.807, 2.05) is 66.7 Å². The van der Waals surface area contributed by atoms with Crippen molar-refractivity contribution in [3.63, 3.8) is 0 Å². The Labute approximate surface area is 186 Å². The lowest BCUT2D eigenvalue weighted by atomic mass is 9.99. The fourth-order valence-electron chi connectivity index (χ4n) is 3.37. The van der Waals surface area contributed by atoms with Gasteiger partial charge in [-0.25, -0.2) is 0 Å². The maximum atomic E-state index is 12.7. The van der Waals surface area contributed by atoms with Crippen LogP contribution in [0.4, 0.5) is 5.69 Å². The fourth-order valence-corrected chi connectivity index (χ4v) is 3.37. The first-order chi connectivity index (χ1) is 15.5. The Morgan fingerprint density at radius 1 is 1.09 bits per heavy atom. The first kappa shape index (κ1) is 22.2. The van der Waals surface area contributed by atoms with Crippen molar-refractivity contribution in [3.8, 4) is 17.2 Å². The molecule has 3 aromatic carbocycles. The van der Waals surface area contributed by atoms with E-state index in [0.717, 1.165) is 22.3 Å². The molecule has 0 fully saturated rings. The molecule has 0 spiro atoms. The third-order valence-corrected chi connectivity index (χ3v) is 4.81. The van der Waals surface area contributed by atoms with Gasteiger partial charge in [-0.1, -0.05) is 54.6 Å². The van der Waals surface area contributed by atoms with E-state index in [1.165, 1.54) is 13.1 Å². The van der Waals surface area contributed by atoms with Crippen LogP contribution in [-0.2, 0) is 16.0 Å². The lowest BCUT2D eigenvalue weighted by Gasteiger charge is -2.19. The minimum absolute atomic E-state index is 0.352. The highest BCUT2D eigenvalue weighted by Gasteiger charge is 2.20. The molecule has 0 aliphatic heterocycles. The van der Waals surface area contributed by atoms with E-state index in [-0.39, 0.29) is 0 Å². The molecule has 0 unspecified atom stereocenters. The summed E-state index contributed by atoms with van der Waals surface area (Å²) in [5, 5.41) is 18.4. The second-order valence-corrected chi connectivity index (χ2v) is 7.20. The second-order valence-electron chi connectivity index (χ2n) is 7.20. The number of hydrogen-bond acceptors (Lipinski definition) is 6. The number of carbonyl (C=O) groups is 2. The number of rotatable bonds is 7. The van der Waals surface area contributed by atoms with Crippen LogP contribution >= 0.6 is 0 Å². The third-order valence-electron chi connectivity index (χ3n) is 4.81. The zero-order valence-electron chi connectivity index (χ0n) is 17.6. The molecule has 0 aromatic heterocycles. The molecule has 0 aliphatic rings. The van der Waals surface area contributed by atoms with Gasteiger partial charge in [0.15, 0.2) is 0 Å². The number of nitrogens with two attached hydrogens (primary N) is 1. The summed E-state index contributed by atoms with van der Waals surface area (Å²) in [6.45, 7) is 1.30. The predicted molar refractivity (Wildman–Crippen MR) is 125 cm³/mol. The standard InChI is InChI=1S/C25H23N5O2/c1-17(31)29-25(32)24(14-18-5-4-6-19(13-18)16-28-27)30-22-11-9-20(10-12-22)23-8-3-2-7-21(23)15-26/h2-13,16,24,30H,14,27H2,1H3,(H,29,31,32)/t24-/m0/s1. The molecule has 0 aliphatic carbocycles. The molecule has 160 valence electrons. The molecule has 1 atom stereocenters. The molecule has 2 amide bonds. The number of hydrogen-bond donors (Lipinski definition) is 3. The first-order valence-corrected chi connectivity index (χ1v) is 10.00. The third kappa shape index (κ3) is 5.80. The normalized spacial score (nSPS) is 11.5. The number of nitriles is 1. The molecule has 32 heavy (non-hydrogen) atoms. The molecule has 7 nitrogen and oxygen atoms in total. The van der Waals surface area contributed by atoms with Crippen molar-refractivity contribution in [2.45, 2.75) is 19.4 Å².